The summed E-state index contributed by atoms with van der Waals surface area (Å²) in [6, 6.07) is 1.68. The van der Waals surface area contributed by atoms with Crippen LogP contribution in [0.25, 0.3) is 0 Å². The molecule has 0 bridgehead atoms. The minimum Gasteiger partial charge on any atom is -0.329 e. The molecule has 0 aromatic carbocycles. The summed E-state index contributed by atoms with van der Waals surface area (Å²) in [5.74, 6) is -1.51. The zero-order valence-electron chi connectivity index (χ0n) is 7.06. The van der Waals surface area contributed by atoms with Crippen LogP contribution in [-0.4, -0.2) is 12.7 Å². The van der Waals surface area contributed by atoms with Gasteiger partial charge in [0.05, 0.1) is 0 Å². The zero-order valence-corrected chi connectivity index (χ0v) is 7.88. The molecule has 5 heteroatoms. The lowest BCUT2D eigenvalue weighted by molar-refractivity contribution is -0.147. The van der Waals surface area contributed by atoms with Gasteiger partial charge in [0, 0.05) is 11.4 Å². The second-order valence-electron chi connectivity index (χ2n) is 2.80. The van der Waals surface area contributed by atoms with Gasteiger partial charge in [-0.3, -0.25) is 0 Å². The van der Waals surface area contributed by atoms with Crippen molar-refractivity contribution in [3.63, 3.8) is 0 Å². The molecule has 1 rings (SSSR count). The first-order valence-corrected chi connectivity index (χ1v) is 4.65. The van der Waals surface area contributed by atoms with Gasteiger partial charge in [-0.1, -0.05) is 0 Å². The Morgan fingerprint density at radius 2 is 2.15 bits per heavy atom. The maximum atomic E-state index is 12.4. The van der Waals surface area contributed by atoms with Crippen molar-refractivity contribution in [3.8, 4) is 0 Å². The molecule has 0 aliphatic rings. The highest BCUT2D eigenvalue weighted by Gasteiger charge is 2.40. The number of nitrogens with two attached hydrogens (primary N) is 1. The fourth-order valence-corrected chi connectivity index (χ4v) is 2.20. The highest BCUT2D eigenvalue weighted by Crippen LogP contribution is 2.37. The molecule has 1 aromatic rings. The van der Waals surface area contributed by atoms with Crippen LogP contribution in [0.5, 0.6) is 0 Å². The van der Waals surface area contributed by atoms with E-state index in [0.717, 1.165) is 11.3 Å². The van der Waals surface area contributed by atoms with Gasteiger partial charge in [0.25, 0.3) is 0 Å². The summed E-state index contributed by atoms with van der Waals surface area (Å²) in [4.78, 5) is 0.329. The van der Waals surface area contributed by atoms with Gasteiger partial charge < -0.3 is 5.73 Å². The summed E-state index contributed by atoms with van der Waals surface area (Å²) in [7, 11) is 0. The number of alkyl halides is 3. The van der Waals surface area contributed by atoms with E-state index in [-0.39, 0.29) is 6.54 Å². The van der Waals surface area contributed by atoms with Crippen molar-refractivity contribution in [2.45, 2.75) is 19.0 Å². The average molecular weight is 209 g/mol. The summed E-state index contributed by atoms with van der Waals surface area (Å²) in [6.45, 7) is 1.28. The predicted molar refractivity (Wildman–Crippen MR) is 46.9 cm³/mol. The Kier molecular flexibility index (Phi) is 2.98. The maximum absolute atomic E-state index is 12.4. The third-order valence-electron chi connectivity index (χ3n) is 1.85. The molecule has 2 N–H and O–H groups in total. The Bertz CT molecular complexity index is 279. The van der Waals surface area contributed by atoms with Gasteiger partial charge in [-0.15, -0.1) is 11.3 Å². The molecular weight excluding hydrogens is 199 g/mol. The molecule has 0 aliphatic carbocycles. The van der Waals surface area contributed by atoms with Crippen molar-refractivity contribution in [2.75, 3.05) is 6.54 Å². The minimum absolute atomic E-state index is 0.329. The number of hydrogen-bond donors (Lipinski definition) is 1. The number of rotatable bonds is 2. The van der Waals surface area contributed by atoms with Crippen LogP contribution < -0.4 is 5.73 Å². The molecule has 0 fully saturated rings. The first-order valence-electron chi connectivity index (χ1n) is 3.77. The molecule has 0 saturated heterocycles. The zero-order chi connectivity index (χ0) is 10.1. The fraction of sp³-hybridized carbons (Fsp3) is 0.500. The molecular formula is C8H10F3NS. The molecule has 0 radical (unpaired) electrons. The summed E-state index contributed by atoms with van der Waals surface area (Å²) in [5, 5.41) is 1.65. The van der Waals surface area contributed by atoms with Gasteiger partial charge in [-0.25, -0.2) is 0 Å². The molecule has 1 atom stereocenters. The highest BCUT2D eigenvalue weighted by molar-refractivity contribution is 7.10. The van der Waals surface area contributed by atoms with Crippen molar-refractivity contribution in [1.29, 1.82) is 0 Å². The Morgan fingerprint density at radius 1 is 1.54 bits per heavy atom. The van der Waals surface area contributed by atoms with E-state index in [9.17, 15) is 13.2 Å². The number of hydrogen-bond acceptors (Lipinski definition) is 2. The Labute approximate surface area is 78.4 Å². The van der Waals surface area contributed by atoms with E-state index in [2.05, 4.69) is 0 Å². The molecule has 0 spiro atoms. The van der Waals surface area contributed by atoms with E-state index in [1.807, 2.05) is 0 Å². The molecule has 1 nitrogen and oxygen atoms in total. The van der Waals surface area contributed by atoms with Gasteiger partial charge in [-0.05, 0) is 23.9 Å². The maximum Gasteiger partial charge on any atom is 0.397 e. The van der Waals surface area contributed by atoms with Gasteiger partial charge in [0.15, 0.2) is 0 Å². The van der Waals surface area contributed by atoms with Crippen molar-refractivity contribution < 1.29 is 13.2 Å². The van der Waals surface area contributed by atoms with Crippen LogP contribution in [-0.2, 0) is 0 Å². The van der Waals surface area contributed by atoms with E-state index in [1.165, 1.54) is 0 Å². The van der Waals surface area contributed by atoms with Crippen molar-refractivity contribution in [1.82, 2.24) is 0 Å². The smallest absolute Gasteiger partial charge is 0.329 e. The standard InChI is InChI=1S/C8H10F3NS/c1-5-2-3-13-7(5)6(4-12)8(9,10)11/h2-3,6H,4,12H2,1H3. The lowest BCUT2D eigenvalue weighted by atomic mass is 10.0. The van der Waals surface area contributed by atoms with Crippen LogP contribution in [0.1, 0.15) is 16.4 Å². The van der Waals surface area contributed by atoms with Crippen LogP contribution in [0.3, 0.4) is 0 Å². The lowest BCUT2D eigenvalue weighted by Crippen LogP contribution is -2.27. The first kappa shape index (κ1) is 10.5. The van der Waals surface area contributed by atoms with Crippen molar-refractivity contribution in [3.05, 3.63) is 21.9 Å². The monoisotopic (exact) mass is 209 g/mol. The van der Waals surface area contributed by atoms with E-state index in [0.29, 0.717) is 10.4 Å². The molecule has 13 heavy (non-hydrogen) atoms. The Morgan fingerprint density at radius 3 is 2.46 bits per heavy atom. The van der Waals surface area contributed by atoms with E-state index in [4.69, 9.17) is 5.73 Å². The van der Waals surface area contributed by atoms with Crippen LogP contribution in [0, 0.1) is 6.92 Å². The fourth-order valence-electron chi connectivity index (χ4n) is 1.13. The molecule has 1 unspecified atom stereocenters. The van der Waals surface area contributed by atoms with E-state index < -0.39 is 12.1 Å². The summed E-state index contributed by atoms with van der Waals surface area (Å²) in [6.07, 6.45) is -4.23. The molecule has 0 aliphatic heterocycles. The first-order chi connectivity index (χ1) is 5.96. The summed E-state index contributed by atoms with van der Waals surface area (Å²) < 4.78 is 37.2. The summed E-state index contributed by atoms with van der Waals surface area (Å²) >= 11 is 1.11. The molecule has 0 saturated carbocycles. The average Bonchev–Trinajstić information content (AvgIpc) is 2.35. The van der Waals surface area contributed by atoms with Crippen LogP contribution in [0.2, 0.25) is 0 Å². The normalized spacial score (nSPS) is 14.5. The van der Waals surface area contributed by atoms with Gasteiger partial charge >= 0.3 is 6.18 Å². The molecule has 0 amide bonds. The van der Waals surface area contributed by atoms with Gasteiger partial charge in [0.2, 0.25) is 0 Å². The second kappa shape index (κ2) is 3.67. The molecule has 74 valence electrons. The van der Waals surface area contributed by atoms with Crippen LogP contribution >= 0.6 is 11.3 Å². The summed E-state index contributed by atoms with van der Waals surface area (Å²) in [5.41, 5.74) is 5.77. The third kappa shape index (κ3) is 2.22. The number of aryl methyl sites for hydroxylation is 1. The predicted octanol–water partition coefficient (Wildman–Crippen LogP) is 2.66. The minimum atomic E-state index is -4.23. The third-order valence-corrected chi connectivity index (χ3v) is 2.98. The van der Waals surface area contributed by atoms with Crippen LogP contribution in [0.4, 0.5) is 13.2 Å². The Balaban J connectivity index is 2.98. The number of thiophene rings is 1. The SMILES string of the molecule is Cc1ccsc1C(CN)C(F)(F)F. The largest absolute Gasteiger partial charge is 0.397 e. The molecule has 1 heterocycles. The number of halogens is 3. The van der Waals surface area contributed by atoms with E-state index in [1.54, 1.807) is 18.4 Å². The van der Waals surface area contributed by atoms with Crippen molar-refractivity contribution in [2.24, 2.45) is 5.73 Å². The van der Waals surface area contributed by atoms with E-state index >= 15 is 0 Å². The van der Waals surface area contributed by atoms with Gasteiger partial charge in [0.1, 0.15) is 5.92 Å². The molecule has 1 aromatic heterocycles. The topological polar surface area (TPSA) is 26.0 Å². The quantitative estimate of drug-likeness (QED) is 0.796. The van der Waals surface area contributed by atoms with Crippen LogP contribution in [0.15, 0.2) is 11.4 Å². The highest BCUT2D eigenvalue weighted by atomic mass is 32.1. The lowest BCUT2D eigenvalue weighted by Gasteiger charge is -2.17. The van der Waals surface area contributed by atoms with Crippen molar-refractivity contribution >= 4 is 11.3 Å². The Hall–Kier alpha value is -0.550. The van der Waals surface area contributed by atoms with Gasteiger partial charge in [-0.2, -0.15) is 13.2 Å². The second-order valence-corrected chi connectivity index (χ2v) is 3.75.